The van der Waals surface area contributed by atoms with Gasteiger partial charge in [0, 0.05) is 0 Å². The Balaban J connectivity index is 1.51. The van der Waals surface area contributed by atoms with E-state index in [0.29, 0.717) is 36.3 Å². The summed E-state index contributed by atoms with van der Waals surface area (Å²) in [5.41, 5.74) is 11.5. The maximum atomic E-state index is 13.2. The van der Waals surface area contributed by atoms with Gasteiger partial charge < -0.3 is 20.3 Å². The third-order valence-corrected chi connectivity index (χ3v) is 6.43. The number of benzene rings is 3. The summed E-state index contributed by atoms with van der Waals surface area (Å²) < 4.78 is 10.8. The Morgan fingerprint density at radius 3 is 2.24 bits per heavy atom. The highest BCUT2D eigenvalue weighted by Gasteiger charge is 2.37. The molecule has 3 N–H and O–H groups in total. The number of nitrogens with zero attached hydrogens (tertiary/aromatic N) is 1. The molecule has 1 atom stereocenters. The fourth-order valence-corrected chi connectivity index (χ4v) is 4.53. The van der Waals surface area contributed by atoms with Crippen LogP contribution in [0, 0.1) is 0 Å². The van der Waals surface area contributed by atoms with Crippen molar-refractivity contribution < 1.29 is 29.0 Å². The van der Waals surface area contributed by atoms with E-state index in [4.69, 9.17) is 15.2 Å². The van der Waals surface area contributed by atoms with Crippen LogP contribution < -0.4 is 5.73 Å². The largest absolute Gasteiger partial charge is 0.480 e. The maximum absolute atomic E-state index is 13.2. The SMILES string of the molecule is NCCCC[C@H](C(=O)O)N(C(=O)OCc1ccccc1)C(=O)OCc1cccc2c1Cc1ccccc1-2. The summed E-state index contributed by atoms with van der Waals surface area (Å²) in [6, 6.07) is 21.4. The molecule has 3 aromatic rings. The molecule has 3 aromatic carbocycles. The zero-order valence-corrected chi connectivity index (χ0v) is 20.5. The summed E-state index contributed by atoms with van der Waals surface area (Å²) in [5, 5.41) is 9.85. The highest BCUT2D eigenvalue weighted by Crippen LogP contribution is 2.38. The van der Waals surface area contributed by atoms with Crippen LogP contribution in [0.5, 0.6) is 0 Å². The third kappa shape index (κ3) is 6.16. The number of hydrogen-bond acceptors (Lipinski definition) is 6. The van der Waals surface area contributed by atoms with E-state index in [0.717, 1.165) is 22.3 Å². The van der Waals surface area contributed by atoms with Gasteiger partial charge >= 0.3 is 18.2 Å². The lowest BCUT2D eigenvalue weighted by molar-refractivity contribution is -0.142. The van der Waals surface area contributed by atoms with Crippen molar-refractivity contribution in [3.63, 3.8) is 0 Å². The van der Waals surface area contributed by atoms with Gasteiger partial charge in [-0.2, -0.15) is 4.90 Å². The van der Waals surface area contributed by atoms with E-state index in [2.05, 4.69) is 12.1 Å². The molecule has 8 nitrogen and oxygen atoms in total. The summed E-state index contributed by atoms with van der Waals surface area (Å²) in [4.78, 5) is 38.8. The topological polar surface area (TPSA) is 119 Å². The minimum absolute atomic E-state index is 0.0398. The Hall–Kier alpha value is -4.17. The number of fused-ring (bicyclic) bond motifs is 3. The number of imide groups is 1. The Kier molecular flexibility index (Phi) is 8.53. The zero-order chi connectivity index (χ0) is 26.2. The van der Waals surface area contributed by atoms with Crippen molar-refractivity contribution >= 4 is 18.2 Å². The van der Waals surface area contributed by atoms with Crippen LogP contribution in [0.1, 0.15) is 41.5 Å². The van der Waals surface area contributed by atoms with E-state index in [1.807, 2.05) is 36.4 Å². The van der Waals surface area contributed by atoms with Crippen molar-refractivity contribution in [2.45, 2.75) is 44.9 Å². The first-order chi connectivity index (χ1) is 18.0. The number of ether oxygens (including phenoxy) is 2. The molecule has 2 amide bonds. The molecule has 1 aliphatic rings. The first-order valence-electron chi connectivity index (χ1n) is 12.3. The van der Waals surface area contributed by atoms with Crippen LogP contribution in [-0.4, -0.2) is 40.7 Å². The summed E-state index contributed by atoms with van der Waals surface area (Å²) in [6.07, 6.45) is -0.404. The molecule has 37 heavy (non-hydrogen) atoms. The van der Waals surface area contributed by atoms with Crippen molar-refractivity contribution in [2.75, 3.05) is 6.54 Å². The van der Waals surface area contributed by atoms with Crippen LogP contribution in [0.3, 0.4) is 0 Å². The number of amides is 2. The number of carboxylic acids is 1. The molecule has 1 aliphatic carbocycles. The lowest BCUT2D eigenvalue weighted by atomic mass is 10.0. The lowest BCUT2D eigenvalue weighted by Gasteiger charge is -2.26. The molecular weight excluding hydrogens is 472 g/mol. The van der Waals surface area contributed by atoms with E-state index in [9.17, 15) is 19.5 Å². The van der Waals surface area contributed by atoms with Crippen LogP contribution in [0.4, 0.5) is 9.59 Å². The molecule has 4 rings (SSSR count). The van der Waals surface area contributed by atoms with E-state index in [1.165, 1.54) is 5.56 Å². The number of nitrogens with two attached hydrogens (primary N) is 1. The number of unbranched alkanes of at least 4 members (excludes halogenated alkanes) is 1. The Morgan fingerprint density at radius 2 is 1.51 bits per heavy atom. The van der Waals surface area contributed by atoms with E-state index in [1.54, 1.807) is 24.3 Å². The molecule has 8 heteroatoms. The van der Waals surface area contributed by atoms with Crippen molar-refractivity contribution in [3.05, 3.63) is 95.1 Å². The standard InChI is InChI=1S/C29H30N2O6/c30-16-7-6-15-26(27(32)33)31(28(34)36-18-20-9-2-1-3-10-20)29(35)37-19-22-12-8-14-24-23-13-5-4-11-21(23)17-25(22)24/h1-5,8-14,26H,6-7,15-19,30H2,(H,32,33)/t26-/m1/s1. The molecule has 192 valence electrons. The van der Waals surface area contributed by atoms with Gasteiger partial charge in [-0.15, -0.1) is 0 Å². The number of carboxylic acid groups (broad SMARTS) is 1. The van der Waals surface area contributed by atoms with Gasteiger partial charge in [0.1, 0.15) is 19.3 Å². The normalized spacial score (nSPS) is 12.2. The molecule has 0 unspecified atom stereocenters. The smallest absolute Gasteiger partial charge is 0.420 e. The van der Waals surface area contributed by atoms with Crippen molar-refractivity contribution in [2.24, 2.45) is 5.73 Å². The Labute approximate surface area is 215 Å². The van der Waals surface area contributed by atoms with Crippen LogP contribution >= 0.6 is 0 Å². The maximum Gasteiger partial charge on any atom is 0.420 e. The van der Waals surface area contributed by atoms with Gasteiger partial charge in [0.25, 0.3) is 0 Å². The lowest BCUT2D eigenvalue weighted by Crippen LogP contribution is -2.49. The fourth-order valence-electron chi connectivity index (χ4n) is 4.53. The molecule has 0 heterocycles. The van der Waals surface area contributed by atoms with E-state index in [-0.39, 0.29) is 19.6 Å². The van der Waals surface area contributed by atoms with Gasteiger partial charge in [0.05, 0.1) is 0 Å². The number of carbonyl (C=O) groups is 3. The molecule has 0 fully saturated rings. The number of carbonyl (C=O) groups excluding carboxylic acids is 2. The molecule has 0 saturated heterocycles. The van der Waals surface area contributed by atoms with Gasteiger partial charge in [-0.3, -0.25) is 0 Å². The van der Waals surface area contributed by atoms with E-state index < -0.39 is 24.2 Å². The summed E-state index contributed by atoms with van der Waals surface area (Å²) in [5.74, 6) is -1.32. The second-order valence-electron chi connectivity index (χ2n) is 8.88. The number of rotatable bonds is 10. The van der Waals surface area contributed by atoms with Gasteiger partial charge in [-0.05, 0) is 65.6 Å². The Bertz CT molecular complexity index is 1260. The molecule has 0 bridgehead atoms. The monoisotopic (exact) mass is 502 g/mol. The second-order valence-corrected chi connectivity index (χ2v) is 8.88. The minimum Gasteiger partial charge on any atom is -0.480 e. The molecule has 0 saturated carbocycles. The van der Waals surface area contributed by atoms with Crippen LogP contribution in [0.25, 0.3) is 11.1 Å². The van der Waals surface area contributed by atoms with Crippen molar-refractivity contribution in [1.82, 2.24) is 4.90 Å². The van der Waals surface area contributed by atoms with Gasteiger partial charge in [-0.25, -0.2) is 14.4 Å². The second kappa shape index (κ2) is 12.2. The first kappa shape index (κ1) is 25.9. The van der Waals surface area contributed by atoms with Crippen LogP contribution in [0.2, 0.25) is 0 Å². The fraction of sp³-hybridized carbons (Fsp3) is 0.276. The number of aliphatic carboxylic acids is 1. The average Bonchev–Trinajstić information content (AvgIpc) is 3.30. The highest BCUT2D eigenvalue weighted by molar-refractivity contribution is 5.93. The van der Waals surface area contributed by atoms with Crippen LogP contribution in [0.15, 0.2) is 72.8 Å². The predicted octanol–water partition coefficient (Wildman–Crippen LogP) is 5.12. The first-order valence-corrected chi connectivity index (χ1v) is 12.3. The minimum atomic E-state index is -1.44. The molecular formula is C29H30N2O6. The molecule has 0 aromatic heterocycles. The van der Waals surface area contributed by atoms with Gasteiger partial charge in [-0.1, -0.05) is 72.8 Å². The van der Waals surface area contributed by atoms with Crippen molar-refractivity contribution in [1.29, 1.82) is 0 Å². The zero-order valence-electron chi connectivity index (χ0n) is 20.5. The summed E-state index contributed by atoms with van der Waals surface area (Å²) >= 11 is 0. The Morgan fingerprint density at radius 1 is 0.838 bits per heavy atom. The molecule has 0 spiro atoms. The van der Waals surface area contributed by atoms with E-state index >= 15 is 0 Å². The van der Waals surface area contributed by atoms with Gasteiger partial charge in [0.15, 0.2) is 0 Å². The predicted molar refractivity (Wildman–Crippen MR) is 138 cm³/mol. The summed E-state index contributed by atoms with van der Waals surface area (Å²) in [6.45, 7) is 0.160. The van der Waals surface area contributed by atoms with Crippen molar-refractivity contribution in [3.8, 4) is 11.1 Å². The summed E-state index contributed by atoms with van der Waals surface area (Å²) in [7, 11) is 0. The number of hydrogen-bond donors (Lipinski definition) is 2. The van der Waals surface area contributed by atoms with Gasteiger partial charge in [0.2, 0.25) is 0 Å². The quantitative estimate of drug-likeness (QED) is 0.289. The highest BCUT2D eigenvalue weighted by atomic mass is 16.6. The average molecular weight is 503 g/mol. The third-order valence-electron chi connectivity index (χ3n) is 6.43. The molecule has 0 radical (unpaired) electrons. The molecule has 0 aliphatic heterocycles. The van der Waals surface area contributed by atoms with Crippen LogP contribution in [-0.2, 0) is 33.9 Å².